The molecule has 0 aromatic heterocycles. The molecule has 3 aromatic carbocycles. The molecule has 0 spiro atoms. The molecular weight excluding hydrogens is 338 g/mol. The van der Waals surface area contributed by atoms with Crippen molar-refractivity contribution in [2.24, 2.45) is 0 Å². The van der Waals surface area contributed by atoms with Crippen molar-refractivity contribution in [3.8, 4) is 5.75 Å². The Balaban J connectivity index is 1.66. The maximum atomic E-state index is 12.5. The van der Waals surface area contributed by atoms with E-state index in [4.69, 9.17) is 9.47 Å². The molecule has 138 valence electrons. The molecule has 0 saturated heterocycles. The number of benzene rings is 3. The molecule has 1 amide bonds. The lowest BCUT2D eigenvalue weighted by Crippen LogP contribution is -2.32. The van der Waals surface area contributed by atoms with Gasteiger partial charge < -0.3 is 14.8 Å². The van der Waals surface area contributed by atoms with Gasteiger partial charge in [0.05, 0.1) is 19.8 Å². The van der Waals surface area contributed by atoms with Crippen LogP contribution in [0.3, 0.4) is 0 Å². The third-order valence-corrected chi connectivity index (χ3v) is 4.23. The molecule has 3 rings (SSSR count). The number of amides is 1. The topological polar surface area (TPSA) is 47.6 Å². The van der Waals surface area contributed by atoms with Gasteiger partial charge in [0.25, 0.3) is 0 Å². The van der Waals surface area contributed by atoms with E-state index in [1.54, 1.807) is 7.11 Å². The van der Waals surface area contributed by atoms with Crippen LogP contribution in [0.2, 0.25) is 0 Å². The van der Waals surface area contributed by atoms with Crippen molar-refractivity contribution in [3.05, 3.63) is 102 Å². The molecule has 4 heteroatoms. The summed E-state index contributed by atoms with van der Waals surface area (Å²) in [5.74, 6) is 0.624. The summed E-state index contributed by atoms with van der Waals surface area (Å²) in [6.07, 6.45) is 0. The van der Waals surface area contributed by atoms with Crippen LogP contribution in [-0.4, -0.2) is 19.6 Å². The monoisotopic (exact) mass is 361 g/mol. The lowest BCUT2D eigenvalue weighted by atomic mass is 9.98. The van der Waals surface area contributed by atoms with Crippen LogP contribution in [0.5, 0.6) is 5.75 Å². The van der Waals surface area contributed by atoms with Gasteiger partial charge in [-0.3, -0.25) is 4.79 Å². The normalized spacial score (nSPS) is 11.6. The first-order valence-electron chi connectivity index (χ1n) is 8.86. The summed E-state index contributed by atoms with van der Waals surface area (Å²) >= 11 is 0. The van der Waals surface area contributed by atoms with Crippen LogP contribution in [0.25, 0.3) is 0 Å². The van der Waals surface area contributed by atoms with Gasteiger partial charge in [0, 0.05) is 0 Å². The van der Waals surface area contributed by atoms with Crippen LogP contribution >= 0.6 is 0 Å². The summed E-state index contributed by atoms with van der Waals surface area (Å²) in [5, 5.41) is 3.07. The van der Waals surface area contributed by atoms with Gasteiger partial charge in [-0.2, -0.15) is 0 Å². The minimum Gasteiger partial charge on any atom is -0.497 e. The van der Waals surface area contributed by atoms with Gasteiger partial charge in [-0.05, 0) is 28.8 Å². The van der Waals surface area contributed by atoms with E-state index in [9.17, 15) is 4.79 Å². The van der Waals surface area contributed by atoms with Crippen molar-refractivity contribution in [1.29, 1.82) is 0 Å². The van der Waals surface area contributed by atoms with E-state index in [2.05, 4.69) is 5.32 Å². The minimum atomic E-state index is -0.245. The van der Waals surface area contributed by atoms with Gasteiger partial charge in [0.1, 0.15) is 12.4 Å². The summed E-state index contributed by atoms with van der Waals surface area (Å²) in [7, 11) is 1.63. The molecule has 0 fully saturated rings. The number of methoxy groups -OCH3 is 1. The van der Waals surface area contributed by atoms with E-state index in [1.165, 1.54) is 0 Å². The molecule has 1 N–H and O–H groups in total. The smallest absolute Gasteiger partial charge is 0.246 e. The Morgan fingerprint density at radius 1 is 0.852 bits per heavy atom. The Labute approximate surface area is 159 Å². The first-order chi connectivity index (χ1) is 13.3. The van der Waals surface area contributed by atoms with Crippen LogP contribution in [0.4, 0.5) is 0 Å². The predicted octanol–water partition coefficient (Wildman–Crippen LogP) is 4.12. The number of carbonyl (C=O) groups excluding carboxylic acids is 1. The quantitative estimate of drug-likeness (QED) is 0.657. The lowest BCUT2D eigenvalue weighted by molar-refractivity contribution is -0.126. The first-order valence-corrected chi connectivity index (χ1v) is 8.86. The zero-order valence-corrected chi connectivity index (χ0v) is 15.3. The summed E-state index contributed by atoms with van der Waals surface area (Å²) in [5.41, 5.74) is 3.04. The molecule has 4 nitrogen and oxygen atoms in total. The van der Waals surface area contributed by atoms with Gasteiger partial charge >= 0.3 is 0 Å². The maximum Gasteiger partial charge on any atom is 0.246 e. The maximum absolute atomic E-state index is 12.5. The highest BCUT2D eigenvalue weighted by atomic mass is 16.5. The molecule has 1 atom stereocenters. The highest BCUT2D eigenvalue weighted by Gasteiger charge is 2.17. The molecule has 0 aliphatic heterocycles. The number of hydrogen-bond acceptors (Lipinski definition) is 3. The highest BCUT2D eigenvalue weighted by Crippen LogP contribution is 2.24. The Kier molecular flexibility index (Phi) is 6.61. The molecule has 0 heterocycles. The molecule has 0 bridgehead atoms. The first kappa shape index (κ1) is 18.7. The summed E-state index contributed by atoms with van der Waals surface area (Å²) < 4.78 is 10.8. The molecular formula is C23H23NO3. The van der Waals surface area contributed by atoms with E-state index >= 15 is 0 Å². The van der Waals surface area contributed by atoms with E-state index in [0.717, 1.165) is 22.4 Å². The van der Waals surface area contributed by atoms with Crippen LogP contribution in [0.15, 0.2) is 84.9 Å². The van der Waals surface area contributed by atoms with Crippen LogP contribution in [0.1, 0.15) is 22.7 Å². The minimum absolute atomic E-state index is 0.00832. The van der Waals surface area contributed by atoms with E-state index in [1.807, 2.05) is 84.9 Å². The van der Waals surface area contributed by atoms with Crippen molar-refractivity contribution in [2.75, 3.05) is 13.7 Å². The van der Waals surface area contributed by atoms with Gasteiger partial charge in [0.2, 0.25) is 5.91 Å². The number of rotatable bonds is 8. The molecule has 0 radical (unpaired) electrons. The molecule has 0 aliphatic rings. The van der Waals surface area contributed by atoms with Gasteiger partial charge in [0.15, 0.2) is 0 Å². The fourth-order valence-electron chi connectivity index (χ4n) is 2.84. The van der Waals surface area contributed by atoms with Gasteiger partial charge in [-0.1, -0.05) is 72.8 Å². The second-order valence-electron chi connectivity index (χ2n) is 6.16. The van der Waals surface area contributed by atoms with Crippen molar-refractivity contribution >= 4 is 5.91 Å². The third kappa shape index (κ3) is 5.43. The molecule has 0 aliphatic carbocycles. The van der Waals surface area contributed by atoms with Crippen LogP contribution in [-0.2, 0) is 16.1 Å². The Morgan fingerprint density at radius 2 is 1.44 bits per heavy atom. The van der Waals surface area contributed by atoms with E-state index < -0.39 is 0 Å². The van der Waals surface area contributed by atoms with Gasteiger partial charge in [-0.25, -0.2) is 0 Å². The van der Waals surface area contributed by atoms with Gasteiger partial charge in [-0.15, -0.1) is 0 Å². The van der Waals surface area contributed by atoms with Crippen LogP contribution < -0.4 is 10.1 Å². The zero-order valence-electron chi connectivity index (χ0n) is 15.3. The lowest BCUT2D eigenvalue weighted by Gasteiger charge is -2.20. The number of carbonyl (C=O) groups is 1. The SMILES string of the molecule is COc1ccc(C(NC(=O)COCc2ccccc2)c2ccccc2)cc1. The second kappa shape index (κ2) is 9.55. The predicted molar refractivity (Wildman–Crippen MR) is 106 cm³/mol. The summed E-state index contributed by atoms with van der Waals surface area (Å²) in [4.78, 5) is 12.5. The largest absolute Gasteiger partial charge is 0.497 e. The fraction of sp³-hybridized carbons (Fsp3) is 0.174. The van der Waals surface area contributed by atoms with E-state index in [0.29, 0.717) is 6.61 Å². The zero-order chi connectivity index (χ0) is 18.9. The summed E-state index contributed by atoms with van der Waals surface area (Å²) in [6.45, 7) is 0.418. The molecule has 3 aromatic rings. The third-order valence-electron chi connectivity index (χ3n) is 4.23. The number of hydrogen-bond donors (Lipinski definition) is 1. The molecule has 27 heavy (non-hydrogen) atoms. The summed E-state index contributed by atoms with van der Waals surface area (Å²) in [6, 6.07) is 27.1. The van der Waals surface area contributed by atoms with Crippen molar-refractivity contribution < 1.29 is 14.3 Å². The number of ether oxygens (including phenoxy) is 2. The Bertz CT molecular complexity index is 833. The van der Waals surface area contributed by atoms with Crippen molar-refractivity contribution in [2.45, 2.75) is 12.6 Å². The highest BCUT2D eigenvalue weighted by molar-refractivity contribution is 5.78. The van der Waals surface area contributed by atoms with Crippen molar-refractivity contribution in [3.63, 3.8) is 0 Å². The van der Waals surface area contributed by atoms with Crippen molar-refractivity contribution in [1.82, 2.24) is 5.32 Å². The van der Waals surface area contributed by atoms with E-state index in [-0.39, 0.29) is 18.6 Å². The standard InChI is InChI=1S/C23H23NO3/c1-26-21-14-12-20(13-15-21)23(19-10-6-3-7-11-19)24-22(25)17-27-16-18-8-4-2-5-9-18/h2-15,23H,16-17H2,1H3,(H,24,25). The number of nitrogens with one attached hydrogen (secondary N) is 1. The average molecular weight is 361 g/mol. The molecule has 1 unspecified atom stereocenters. The Morgan fingerprint density at radius 3 is 2.07 bits per heavy atom. The Hall–Kier alpha value is -3.11. The second-order valence-corrected chi connectivity index (χ2v) is 6.16. The average Bonchev–Trinajstić information content (AvgIpc) is 2.73. The fourth-order valence-corrected chi connectivity index (χ4v) is 2.84. The molecule has 0 saturated carbocycles. The van der Waals surface area contributed by atoms with Crippen LogP contribution in [0, 0.1) is 0 Å².